The maximum absolute atomic E-state index is 13.0. The van der Waals surface area contributed by atoms with E-state index in [1.807, 2.05) is 13.0 Å². The molecule has 256 valence electrons. The molecule has 0 fully saturated rings. The molecule has 0 aromatic heterocycles. The standard InChI is InChI=1S/C40H45N3O6/c1-2-47-20-21-48-19-7-12-34(44)41-27-13-14-28(31(24-27)40(45)46)35-32-22-25-8-3-15-42-17-5-10-29(36(25)42)38(32)49-39-30-11-6-18-43-16-4-9-26(37(30)43)23-33(35)39/h13-14,22-24H,2-12,15-21H2,1H3,(H,45,46). The molecule has 5 aliphatic heterocycles. The predicted octanol–water partition coefficient (Wildman–Crippen LogP) is 6.37. The van der Waals surface area contributed by atoms with Crippen LogP contribution in [0, 0.1) is 0 Å². The van der Waals surface area contributed by atoms with Crippen LogP contribution in [0.15, 0.2) is 46.5 Å². The van der Waals surface area contributed by atoms with E-state index in [2.05, 4.69) is 26.9 Å². The van der Waals surface area contributed by atoms with Gasteiger partial charge in [-0.3, -0.25) is 4.79 Å². The molecular weight excluding hydrogens is 618 g/mol. The number of hydrogen-bond acceptors (Lipinski definition) is 7. The van der Waals surface area contributed by atoms with Gasteiger partial charge in [0.1, 0.15) is 11.5 Å². The Hall–Kier alpha value is -4.21. The van der Waals surface area contributed by atoms with Crippen LogP contribution >= 0.6 is 0 Å². The molecule has 2 aromatic rings. The molecule has 2 aromatic carbocycles. The van der Waals surface area contributed by atoms with Gasteiger partial charge in [0, 0.05) is 85.0 Å². The molecule has 6 aliphatic rings. The van der Waals surface area contributed by atoms with Crippen LogP contribution in [0.25, 0.3) is 5.57 Å². The molecule has 1 N–H and O–H groups in total. The number of fused-ring (bicyclic) bond motifs is 4. The van der Waals surface area contributed by atoms with Crippen molar-refractivity contribution in [3.8, 4) is 11.5 Å². The SMILES string of the molecule is CCOCCOCCCC(=O)N=C1C=CC(=C2c3cc4c5c(c3Oc3c2cc2c6c3CCCN6CCC2)CCCN5CCC4)C(C(=O)O)=C1. The average molecular weight is 664 g/mol. The maximum Gasteiger partial charge on any atom is 0.336 e. The fourth-order valence-corrected chi connectivity index (χ4v) is 8.69. The van der Waals surface area contributed by atoms with Gasteiger partial charge in [0.25, 0.3) is 0 Å². The monoisotopic (exact) mass is 663 g/mol. The highest BCUT2D eigenvalue weighted by atomic mass is 16.5. The Kier molecular flexibility index (Phi) is 8.89. The highest BCUT2D eigenvalue weighted by Crippen LogP contribution is 2.56. The summed E-state index contributed by atoms with van der Waals surface area (Å²) in [4.78, 5) is 35.2. The first-order valence-corrected chi connectivity index (χ1v) is 18.2. The van der Waals surface area contributed by atoms with E-state index in [9.17, 15) is 14.7 Å². The lowest BCUT2D eigenvalue weighted by Crippen LogP contribution is -2.36. The fourth-order valence-electron chi connectivity index (χ4n) is 8.69. The number of carboxylic acids is 1. The zero-order chi connectivity index (χ0) is 33.5. The Morgan fingerprint density at radius 2 is 1.41 bits per heavy atom. The molecule has 0 unspecified atom stereocenters. The first-order chi connectivity index (χ1) is 24.0. The van der Waals surface area contributed by atoms with Gasteiger partial charge < -0.3 is 29.1 Å². The number of aliphatic carboxylic acids is 1. The molecule has 1 aliphatic carbocycles. The van der Waals surface area contributed by atoms with Crippen LogP contribution in [0.3, 0.4) is 0 Å². The lowest BCUT2D eigenvalue weighted by atomic mass is 9.78. The minimum atomic E-state index is -1.04. The molecular formula is C40H45N3O6. The van der Waals surface area contributed by atoms with E-state index in [4.69, 9.17) is 14.2 Å². The smallest absolute Gasteiger partial charge is 0.336 e. The second-order valence-electron chi connectivity index (χ2n) is 13.8. The van der Waals surface area contributed by atoms with Crippen molar-refractivity contribution in [1.29, 1.82) is 0 Å². The number of hydrogen-bond donors (Lipinski definition) is 1. The van der Waals surface area contributed by atoms with Gasteiger partial charge in [0.05, 0.1) is 24.5 Å². The summed E-state index contributed by atoms with van der Waals surface area (Å²) in [6.45, 7) is 8.30. The summed E-state index contributed by atoms with van der Waals surface area (Å²) in [6, 6.07) is 4.57. The van der Waals surface area contributed by atoms with E-state index in [0.717, 1.165) is 106 Å². The van der Waals surface area contributed by atoms with Crippen molar-refractivity contribution in [3.63, 3.8) is 0 Å². The quantitative estimate of drug-likeness (QED) is 0.264. The molecule has 0 bridgehead atoms. The van der Waals surface area contributed by atoms with E-state index in [0.29, 0.717) is 44.1 Å². The Morgan fingerprint density at radius 1 is 0.816 bits per heavy atom. The summed E-state index contributed by atoms with van der Waals surface area (Å²) < 4.78 is 17.9. The van der Waals surface area contributed by atoms with Crippen molar-refractivity contribution < 1.29 is 28.9 Å². The van der Waals surface area contributed by atoms with Gasteiger partial charge in [-0.1, -0.05) is 6.08 Å². The molecule has 8 rings (SSSR count). The van der Waals surface area contributed by atoms with Gasteiger partial charge in [0.2, 0.25) is 5.91 Å². The number of amides is 1. The number of aliphatic imine (C=N–C) groups is 1. The van der Waals surface area contributed by atoms with Crippen molar-refractivity contribution in [2.24, 2.45) is 4.99 Å². The number of rotatable bonds is 9. The van der Waals surface area contributed by atoms with E-state index in [1.165, 1.54) is 33.6 Å². The highest BCUT2D eigenvalue weighted by molar-refractivity contribution is 6.17. The minimum Gasteiger partial charge on any atom is -0.478 e. The van der Waals surface area contributed by atoms with Gasteiger partial charge in [0.15, 0.2) is 0 Å². The Morgan fingerprint density at radius 3 is 2.00 bits per heavy atom. The number of anilines is 2. The van der Waals surface area contributed by atoms with Crippen LogP contribution in [0.2, 0.25) is 0 Å². The highest BCUT2D eigenvalue weighted by Gasteiger charge is 2.38. The van der Waals surface area contributed by atoms with Gasteiger partial charge in [-0.15, -0.1) is 0 Å². The minimum absolute atomic E-state index is 0.142. The second kappa shape index (κ2) is 13.6. The molecule has 0 saturated heterocycles. The number of carboxylic acid groups (broad SMARTS) is 1. The van der Waals surface area contributed by atoms with Crippen molar-refractivity contribution in [2.75, 3.05) is 62.4 Å². The topological polar surface area (TPSA) is 101 Å². The third-order valence-electron chi connectivity index (χ3n) is 10.7. The third-order valence-corrected chi connectivity index (χ3v) is 10.7. The van der Waals surface area contributed by atoms with E-state index >= 15 is 0 Å². The van der Waals surface area contributed by atoms with Gasteiger partial charge in [-0.05, 0) is 106 Å². The molecule has 9 heteroatoms. The normalized spacial score (nSPS) is 19.5. The fraction of sp³-hybridized carbons (Fsp3) is 0.475. The Labute approximate surface area is 287 Å². The van der Waals surface area contributed by atoms with Crippen LogP contribution in [0.1, 0.15) is 78.8 Å². The maximum atomic E-state index is 13.0. The van der Waals surface area contributed by atoms with Crippen LogP contribution in [-0.4, -0.2) is 75.3 Å². The van der Waals surface area contributed by atoms with Gasteiger partial charge in [-0.2, -0.15) is 0 Å². The van der Waals surface area contributed by atoms with Crippen LogP contribution < -0.4 is 14.5 Å². The summed E-state index contributed by atoms with van der Waals surface area (Å²) in [5.74, 6) is 0.444. The Balaban J connectivity index is 1.23. The van der Waals surface area contributed by atoms with E-state index in [1.54, 1.807) is 12.2 Å². The van der Waals surface area contributed by atoms with Gasteiger partial charge >= 0.3 is 5.97 Å². The number of allylic oxidation sites excluding steroid dienone is 3. The first-order valence-electron chi connectivity index (χ1n) is 18.2. The van der Waals surface area contributed by atoms with Crippen molar-refractivity contribution in [1.82, 2.24) is 0 Å². The molecule has 49 heavy (non-hydrogen) atoms. The second-order valence-corrected chi connectivity index (χ2v) is 13.8. The largest absolute Gasteiger partial charge is 0.478 e. The van der Waals surface area contributed by atoms with Crippen molar-refractivity contribution in [2.45, 2.75) is 71.1 Å². The summed E-state index contributed by atoms with van der Waals surface area (Å²) in [7, 11) is 0. The lowest BCUT2D eigenvalue weighted by Gasteiger charge is -2.42. The molecule has 5 heterocycles. The number of ether oxygens (including phenoxy) is 3. The zero-order valence-electron chi connectivity index (χ0n) is 28.4. The van der Waals surface area contributed by atoms with Crippen LogP contribution in [0.4, 0.5) is 11.4 Å². The molecule has 0 radical (unpaired) electrons. The predicted molar refractivity (Wildman–Crippen MR) is 191 cm³/mol. The number of carbonyl (C=O) groups is 2. The van der Waals surface area contributed by atoms with E-state index in [-0.39, 0.29) is 17.9 Å². The lowest BCUT2D eigenvalue weighted by molar-refractivity contribution is -0.132. The molecule has 0 atom stereocenters. The van der Waals surface area contributed by atoms with Crippen LogP contribution in [0.5, 0.6) is 11.5 Å². The molecule has 0 saturated carbocycles. The van der Waals surface area contributed by atoms with Gasteiger partial charge in [-0.25, -0.2) is 9.79 Å². The molecule has 1 amide bonds. The first kappa shape index (κ1) is 32.0. The number of nitrogens with zero attached hydrogens (tertiary/aromatic N) is 3. The third kappa shape index (κ3) is 5.91. The number of aryl methyl sites for hydroxylation is 2. The average Bonchev–Trinajstić information content (AvgIpc) is 3.11. The van der Waals surface area contributed by atoms with Crippen molar-refractivity contribution >= 4 is 34.5 Å². The molecule has 0 spiro atoms. The summed E-state index contributed by atoms with van der Waals surface area (Å²) in [5.41, 5.74) is 11.8. The molecule has 9 nitrogen and oxygen atoms in total. The summed E-state index contributed by atoms with van der Waals surface area (Å²) in [5, 5.41) is 10.7. The summed E-state index contributed by atoms with van der Waals surface area (Å²) >= 11 is 0. The van der Waals surface area contributed by atoms with E-state index < -0.39 is 5.97 Å². The summed E-state index contributed by atoms with van der Waals surface area (Å²) in [6.07, 6.45) is 14.2. The number of carbonyl (C=O) groups excluding carboxylic acids is 1. The van der Waals surface area contributed by atoms with Crippen LogP contribution in [-0.2, 0) is 44.7 Å². The Bertz CT molecular complexity index is 1750. The number of benzene rings is 2. The van der Waals surface area contributed by atoms with Crippen molar-refractivity contribution in [3.05, 3.63) is 74.9 Å². The zero-order valence-corrected chi connectivity index (χ0v) is 28.4.